The molecular formula is C19H22N4O4S. The number of benzene rings is 1. The van der Waals surface area contributed by atoms with Crippen LogP contribution in [-0.2, 0) is 23.6 Å². The molecular weight excluding hydrogens is 380 g/mol. The lowest BCUT2D eigenvalue weighted by Gasteiger charge is -2.19. The van der Waals surface area contributed by atoms with Crippen molar-refractivity contribution in [1.82, 2.24) is 18.4 Å². The van der Waals surface area contributed by atoms with Gasteiger partial charge in [-0.1, -0.05) is 26.0 Å². The van der Waals surface area contributed by atoms with Crippen molar-refractivity contribution in [1.29, 1.82) is 0 Å². The zero-order valence-electron chi connectivity index (χ0n) is 16.0. The summed E-state index contributed by atoms with van der Waals surface area (Å²) in [4.78, 5) is 29.4. The Morgan fingerprint density at radius 3 is 2.39 bits per heavy atom. The van der Waals surface area contributed by atoms with Crippen LogP contribution >= 0.6 is 0 Å². The highest BCUT2D eigenvalue weighted by Crippen LogP contribution is 2.14. The van der Waals surface area contributed by atoms with Gasteiger partial charge in [-0.05, 0) is 18.2 Å². The highest BCUT2D eigenvalue weighted by Gasteiger charge is 2.22. The van der Waals surface area contributed by atoms with Crippen molar-refractivity contribution in [3.8, 4) is 0 Å². The molecule has 9 heteroatoms. The Bertz CT molecular complexity index is 1240. The number of pyridine rings is 1. The van der Waals surface area contributed by atoms with Gasteiger partial charge in [0.25, 0.3) is 11.1 Å². The third kappa shape index (κ3) is 3.50. The molecule has 0 amide bonds. The van der Waals surface area contributed by atoms with Crippen molar-refractivity contribution in [2.75, 3.05) is 13.1 Å². The quantitative estimate of drug-likeness (QED) is 0.617. The molecule has 3 rings (SSSR count). The van der Waals surface area contributed by atoms with Crippen molar-refractivity contribution in [2.24, 2.45) is 7.05 Å². The molecule has 3 aromatic rings. The lowest BCUT2D eigenvalue weighted by molar-refractivity contribution is 0.444. The van der Waals surface area contributed by atoms with Crippen LogP contribution in [-0.4, -0.2) is 39.9 Å². The van der Waals surface area contributed by atoms with E-state index in [4.69, 9.17) is 0 Å². The van der Waals surface area contributed by atoms with Gasteiger partial charge in [0, 0.05) is 32.4 Å². The topological polar surface area (TPSA) is 94.3 Å². The Kier molecular flexibility index (Phi) is 5.48. The fraction of sp³-hybridized carbons (Fsp3) is 0.316. The molecule has 8 nitrogen and oxygen atoms in total. The van der Waals surface area contributed by atoms with Crippen LogP contribution in [0.25, 0.3) is 10.9 Å². The molecule has 0 unspecified atom stereocenters. The summed E-state index contributed by atoms with van der Waals surface area (Å²) in [5.74, 6) is 0.364. The molecule has 0 radical (unpaired) electrons. The van der Waals surface area contributed by atoms with Gasteiger partial charge in [-0.3, -0.25) is 14.2 Å². The van der Waals surface area contributed by atoms with Gasteiger partial charge in [-0.2, -0.15) is 4.31 Å². The maximum atomic E-state index is 12.7. The first kappa shape index (κ1) is 20.0. The first-order valence-electron chi connectivity index (χ1n) is 8.94. The van der Waals surface area contributed by atoms with E-state index in [1.54, 1.807) is 45.2 Å². The van der Waals surface area contributed by atoms with Crippen LogP contribution in [0.2, 0.25) is 0 Å². The van der Waals surface area contributed by atoms with Gasteiger partial charge in [0.1, 0.15) is 5.82 Å². The highest BCUT2D eigenvalue weighted by atomic mass is 32.2. The van der Waals surface area contributed by atoms with E-state index in [1.807, 2.05) is 0 Å². The van der Waals surface area contributed by atoms with Gasteiger partial charge in [-0.25, -0.2) is 13.4 Å². The average Bonchev–Trinajstić information content (AvgIpc) is 2.68. The van der Waals surface area contributed by atoms with Crippen molar-refractivity contribution < 1.29 is 8.42 Å². The first-order chi connectivity index (χ1) is 13.3. The first-order valence-corrected chi connectivity index (χ1v) is 10.4. The number of hydrogen-bond donors (Lipinski definition) is 0. The minimum atomic E-state index is -3.70. The largest absolute Gasteiger partial charge is 0.307 e. The molecule has 0 aliphatic rings. The molecule has 0 aliphatic carbocycles. The Labute approximate surface area is 162 Å². The van der Waals surface area contributed by atoms with E-state index in [0.717, 1.165) is 0 Å². The normalized spacial score (nSPS) is 12.0. The van der Waals surface area contributed by atoms with Crippen LogP contribution in [0.3, 0.4) is 0 Å². The van der Waals surface area contributed by atoms with Crippen LogP contribution in [0.15, 0.2) is 57.1 Å². The number of para-hydroxylation sites is 1. The summed E-state index contributed by atoms with van der Waals surface area (Å²) in [6.45, 7) is 4.16. The standard InChI is InChI=1S/C19H22N4O4S/c1-4-23(5-2)28(26,27)14-10-11-18(24)22(12-14)13-17-20-16-9-7-6-8-15(16)19(25)21(17)3/h6-12H,4-5,13H2,1-3H3. The fourth-order valence-electron chi connectivity index (χ4n) is 3.06. The van der Waals surface area contributed by atoms with E-state index in [2.05, 4.69) is 4.98 Å². The maximum Gasteiger partial charge on any atom is 0.261 e. The van der Waals surface area contributed by atoms with Gasteiger partial charge >= 0.3 is 0 Å². The molecule has 0 saturated carbocycles. The second-order valence-electron chi connectivity index (χ2n) is 6.33. The zero-order valence-corrected chi connectivity index (χ0v) is 16.8. The monoisotopic (exact) mass is 402 g/mol. The summed E-state index contributed by atoms with van der Waals surface area (Å²) >= 11 is 0. The molecule has 0 spiro atoms. The SMILES string of the molecule is CCN(CC)S(=O)(=O)c1ccc(=O)n(Cc2nc3ccccc3c(=O)n2C)c1. The van der Waals surface area contributed by atoms with Crippen molar-refractivity contribution in [2.45, 2.75) is 25.3 Å². The third-order valence-electron chi connectivity index (χ3n) is 4.69. The molecule has 0 saturated heterocycles. The number of rotatable bonds is 6. The van der Waals surface area contributed by atoms with Crippen LogP contribution in [0.1, 0.15) is 19.7 Å². The van der Waals surface area contributed by atoms with E-state index in [-0.39, 0.29) is 22.6 Å². The van der Waals surface area contributed by atoms with E-state index >= 15 is 0 Å². The molecule has 0 bridgehead atoms. The van der Waals surface area contributed by atoms with E-state index in [1.165, 1.54) is 31.8 Å². The van der Waals surface area contributed by atoms with Crippen molar-refractivity contribution >= 4 is 20.9 Å². The molecule has 2 aromatic heterocycles. The van der Waals surface area contributed by atoms with Gasteiger partial charge in [0.05, 0.1) is 22.3 Å². The van der Waals surface area contributed by atoms with Crippen molar-refractivity contribution in [3.05, 3.63) is 69.1 Å². The Hall–Kier alpha value is -2.78. The Morgan fingerprint density at radius 2 is 1.71 bits per heavy atom. The number of nitrogens with zero attached hydrogens (tertiary/aromatic N) is 4. The molecule has 0 fully saturated rings. The third-order valence-corrected chi connectivity index (χ3v) is 6.72. The molecule has 28 heavy (non-hydrogen) atoms. The lowest BCUT2D eigenvalue weighted by atomic mass is 10.2. The van der Waals surface area contributed by atoms with Crippen LogP contribution in [0.5, 0.6) is 0 Å². The summed E-state index contributed by atoms with van der Waals surface area (Å²) in [5, 5.41) is 0.485. The van der Waals surface area contributed by atoms with Gasteiger partial charge in [0.15, 0.2) is 0 Å². The summed E-state index contributed by atoms with van der Waals surface area (Å²) < 4.78 is 29.4. The van der Waals surface area contributed by atoms with Crippen molar-refractivity contribution in [3.63, 3.8) is 0 Å². The molecule has 148 valence electrons. The van der Waals surface area contributed by atoms with Crippen LogP contribution in [0.4, 0.5) is 0 Å². The molecule has 0 N–H and O–H groups in total. The van der Waals surface area contributed by atoms with E-state index < -0.39 is 10.0 Å². The molecule has 2 heterocycles. The summed E-state index contributed by atoms with van der Waals surface area (Å²) in [7, 11) is -2.12. The number of fused-ring (bicyclic) bond motifs is 1. The molecule has 0 atom stereocenters. The second-order valence-corrected chi connectivity index (χ2v) is 8.27. The summed E-state index contributed by atoms with van der Waals surface area (Å²) in [6, 6.07) is 9.48. The smallest absolute Gasteiger partial charge is 0.261 e. The van der Waals surface area contributed by atoms with Gasteiger partial charge in [-0.15, -0.1) is 0 Å². The number of sulfonamides is 1. The minimum Gasteiger partial charge on any atom is -0.307 e. The highest BCUT2D eigenvalue weighted by molar-refractivity contribution is 7.89. The predicted molar refractivity (Wildman–Crippen MR) is 107 cm³/mol. The van der Waals surface area contributed by atoms with Crippen LogP contribution < -0.4 is 11.1 Å². The Morgan fingerprint density at radius 1 is 1.04 bits per heavy atom. The maximum absolute atomic E-state index is 12.7. The van der Waals surface area contributed by atoms with Crippen LogP contribution in [0, 0.1) is 0 Å². The summed E-state index contributed by atoms with van der Waals surface area (Å²) in [5.41, 5.74) is -0.0676. The predicted octanol–water partition coefficient (Wildman–Crippen LogP) is 1.17. The minimum absolute atomic E-state index is 0.0168. The van der Waals surface area contributed by atoms with Gasteiger partial charge in [0.2, 0.25) is 10.0 Å². The average molecular weight is 402 g/mol. The molecule has 1 aromatic carbocycles. The number of hydrogen-bond acceptors (Lipinski definition) is 5. The summed E-state index contributed by atoms with van der Waals surface area (Å²) in [6.07, 6.45) is 1.30. The molecule has 0 aliphatic heterocycles. The van der Waals surface area contributed by atoms with E-state index in [0.29, 0.717) is 29.8 Å². The Balaban J connectivity index is 2.09. The second kappa shape index (κ2) is 7.69. The zero-order chi connectivity index (χ0) is 20.5. The number of aromatic nitrogens is 3. The fourth-order valence-corrected chi connectivity index (χ4v) is 4.53. The van der Waals surface area contributed by atoms with E-state index in [9.17, 15) is 18.0 Å². The lowest BCUT2D eigenvalue weighted by Crippen LogP contribution is -2.32. The van der Waals surface area contributed by atoms with Gasteiger partial charge < -0.3 is 4.57 Å².